The summed E-state index contributed by atoms with van der Waals surface area (Å²) in [4.78, 5) is 7.06. The summed E-state index contributed by atoms with van der Waals surface area (Å²) in [6.07, 6.45) is -0.559. The number of aryl methyl sites for hydroxylation is 1. The van der Waals surface area contributed by atoms with Gasteiger partial charge in [-0.05, 0) is 12.5 Å². The maximum absolute atomic E-state index is 12.0. The van der Waals surface area contributed by atoms with Crippen molar-refractivity contribution in [3.05, 3.63) is 23.8 Å². The molecule has 1 aromatic rings. The Balaban J connectivity index is 2.91. The van der Waals surface area contributed by atoms with E-state index in [2.05, 4.69) is 9.97 Å². The fraction of sp³-hybridized carbons (Fsp3) is 0.429. The SMILES string of the molecule is CCc1ccnc(C(F)F)n1. The normalized spacial score (nSPS) is 10.5. The molecular formula is C7H8F2N2. The molecule has 1 aromatic heterocycles. The molecule has 0 aromatic carbocycles. The van der Waals surface area contributed by atoms with Gasteiger partial charge in [0.1, 0.15) is 0 Å². The van der Waals surface area contributed by atoms with E-state index in [4.69, 9.17) is 0 Å². The molecule has 1 heterocycles. The highest BCUT2D eigenvalue weighted by molar-refractivity contribution is 5.02. The van der Waals surface area contributed by atoms with E-state index in [1.165, 1.54) is 6.20 Å². The second-order valence-corrected chi connectivity index (χ2v) is 2.06. The molecule has 0 aliphatic heterocycles. The Labute approximate surface area is 63.3 Å². The smallest absolute Gasteiger partial charge is 0.236 e. The first-order valence-electron chi connectivity index (χ1n) is 3.34. The van der Waals surface area contributed by atoms with Gasteiger partial charge in [0.25, 0.3) is 6.43 Å². The van der Waals surface area contributed by atoms with E-state index >= 15 is 0 Å². The summed E-state index contributed by atoms with van der Waals surface area (Å²) >= 11 is 0. The largest absolute Gasteiger partial charge is 0.297 e. The highest BCUT2D eigenvalue weighted by atomic mass is 19.3. The van der Waals surface area contributed by atoms with Crippen LogP contribution in [0.2, 0.25) is 0 Å². The van der Waals surface area contributed by atoms with Gasteiger partial charge in [-0.25, -0.2) is 18.7 Å². The van der Waals surface area contributed by atoms with E-state index in [0.29, 0.717) is 12.1 Å². The minimum absolute atomic E-state index is 0.385. The molecule has 0 aliphatic rings. The Kier molecular flexibility index (Phi) is 2.46. The first-order valence-corrected chi connectivity index (χ1v) is 3.34. The van der Waals surface area contributed by atoms with Gasteiger partial charge in [0.05, 0.1) is 0 Å². The summed E-state index contributed by atoms with van der Waals surface area (Å²) in [6.45, 7) is 1.86. The first kappa shape index (κ1) is 8.04. The zero-order valence-corrected chi connectivity index (χ0v) is 6.09. The number of hydrogen-bond acceptors (Lipinski definition) is 2. The van der Waals surface area contributed by atoms with E-state index in [-0.39, 0.29) is 5.82 Å². The summed E-state index contributed by atoms with van der Waals surface area (Å²) < 4.78 is 23.9. The fourth-order valence-electron chi connectivity index (χ4n) is 0.715. The second-order valence-electron chi connectivity index (χ2n) is 2.06. The van der Waals surface area contributed by atoms with Crippen LogP contribution in [0, 0.1) is 0 Å². The predicted octanol–water partition coefficient (Wildman–Crippen LogP) is 1.98. The van der Waals surface area contributed by atoms with Gasteiger partial charge in [-0.2, -0.15) is 0 Å². The minimum Gasteiger partial charge on any atom is -0.236 e. The maximum atomic E-state index is 12.0. The number of rotatable bonds is 2. The molecule has 11 heavy (non-hydrogen) atoms. The maximum Gasteiger partial charge on any atom is 0.297 e. The van der Waals surface area contributed by atoms with E-state index in [0.717, 1.165) is 0 Å². The lowest BCUT2D eigenvalue weighted by atomic mass is 10.3. The Morgan fingerprint density at radius 1 is 1.55 bits per heavy atom. The lowest BCUT2D eigenvalue weighted by molar-refractivity contribution is 0.140. The monoisotopic (exact) mass is 158 g/mol. The van der Waals surface area contributed by atoms with Crippen molar-refractivity contribution in [3.63, 3.8) is 0 Å². The highest BCUT2D eigenvalue weighted by Gasteiger charge is 2.09. The lowest BCUT2D eigenvalue weighted by Gasteiger charge is -1.98. The average Bonchev–Trinajstić information content (AvgIpc) is 2.05. The molecule has 0 atom stereocenters. The van der Waals surface area contributed by atoms with Crippen LogP contribution in [0.3, 0.4) is 0 Å². The topological polar surface area (TPSA) is 25.8 Å². The van der Waals surface area contributed by atoms with Gasteiger partial charge in [0.15, 0.2) is 5.82 Å². The van der Waals surface area contributed by atoms with Crippen LogP contribution in [0.4, 0.5) is 8.78 Å². The minimum atomic E-state index is -2.57. The third-order valence-electron chi connectivity index (χ3n) is 1.29. The molecule has 0 saturated carbocycles. The van der Waals surface area contributed by atoms with Gasteiger partial charge in [-0.15, -0.1) is 0 Å². The molecule has 2 nitrogen and oxygen atoms in total. The van der Waals surface area contributed by atoms with Crippen molar-refractivity contribution in [1.82, 2.24) is 9.97 Å². The number of aromatic nitrogens is 2. The Morgan fingerprint density at radius 2 is 2.27 bits per heavy atom. The van der Waals surface area contributed by atoms with Crippen molar-refractivity contribution in [2.45, 2.75) is 19.8 Å². The molecule has 0 amide bonds. The molecule has 1 rings (SSSR count). The zero-order valence-electron chi connectivity index (χ0n) is 6.09. The molecule has 0 fully saturated rings. The van der Waals surface area contributed by atoms with Crippen molar-refractivity contribution in [3.8, 4) is 0 Å². The molecule has 0 unspecified atom stereocenters. The number of halogens is 2. The van der Waals surface area contributed by atoms with Gasteiger partial charge in [-0.1, -0.05) is 6.92 Å². The van der Waals surface area contributed by atoms with Gasteiger partial charge in [0.2, 0.25) is 0 Å². The predicted molar refractivity (Wildman–Crippen MR) is 36.4 cm³/mol. The zero-order chi connectivity index (χ0) is 8.27. The van der Waals surface area contributed by atoms with Crippen molar-refractivity contribution < 1.29 is 8.78 Å². The van der Waals surface area contributed by atoms with Crippen LogP contribution in [0.5, 0.6) is 0 Å². The molecule has 0 spiro atoms. The number of hydrogen-bond donors (Lipinski definition) is 0. The van der Waals surface area contributed by atoms with Crippen molar-refractivity contribution in [1.29, 1.82) is 0 Å². The lowest BCUT2D eigenvalue weighted by Crippen LogP contribution is -1.97. The molecule has 0 bridgehead atoms. The molecule has 0 radical (unpaired) electrons. The standard InChI is InChI=1S/C7H8F2N2/c1-2-5-3-4-10-7(11-5)6(8)9/h3-4,6H,2H2,1H3. The molecule has 0 N–H and O–H groups in total. The number of nitrogens with zero attached hydrogens (tertiary/aromatic N) is 2. The first-order chi connectivity index (χ1) is 5.24. The third kappa shape index (κ3) is 1.93. The Morgan fingerprint density at radius 3 is 2.82 bits per heavy atom. The van der Waals surface area contributed by atoms with Crippen LogP contribution in [-0.4, -0.2) is 9.97 Å². The van der Waals surface area contributed by atoms with Crippen LogP contribution >= 0.6 is 0 Å². The van der Waals surface area contributed by atoms with Gasteiger partial charge in [0, 0.05) is 11.9 Å². The van der Waals surface area contributed by atoms with Crippen LogP contribution in [-0.2, 0) is 6.42 Å². The Hall–Kier alpha value is -1.06. The summed E-state index contributed by atoms with van der Waals surface area (Å²) in [7, 11) is 0. The molecular weight excluding hydrogens is 150 g/mol. The van der Waals surface area contributed by atoms with E-state index in [9.17, 15) is 8.78 Å². The van der Waals surface area contributed by atoms with Crippen molar-refractivity contribution >= 4 is 0 Å². The summed E-state index contributed by atoms with van der Waals surface area (Å²) in [5, 5.41) is 0. The summed E-state index contributed by atoms with van der Waals surface area (Å²) in [5.74, 6) is -0.385. The van der Waals surface area contributed by atoms with Crippen LogP contribution < -0.4 is 0 Å². The fourth-order valence-corrected chi connectivity index (χ4v) is 0.715. The quantitative estimate of drug-likeness (QED) is 0.657. The van der Waals surface area contributed by atoms with Crippen LogP contribution in [0.1, 0.15) is 24.9 Å². The average molecular weight is 158 g/mol. The van der Waals surface area contributed by atoms with E-state index < -0.39 is 6.43 Å². The number of alkyl halides is 2. The van der Waals surface area contributed by atoms with E-state index in [1.54, 1.807) is 6.07 Å². The van der Waals surface area contributed by atoms with Crippen molar-refractivity contribution in [2.24, 2.45) is 0 Å². The van der Waals surface area contributed by atoms with E-state index in [1.807, 2.05) is 6.92 Å². The van der Waals surface area contributed by atoms with Gasteiger partial charge < -0.3 is 0 Å². The van der Waals surface area contributed by atoms with Gasteiger partial charge in [-0.3, -0.25) is 0 Å². The third-order valence-corrected chi connectivity index (χ3v) is 1.29. The second kappa shape index (κ2) is 3.37. The summed E-state index contributed by atoms with van der Waals surface area (Å²) in [5.41, 5.74) is 0.648. The van der Waals surface area contributed by atoms with Crippen LogP contribution in [0.25, 0.3) is 0 Å². The van der Waals surface area contributed by atoms with Crippen LogP contribution in [0.15, 0.2) is 12.3 Å². The molecule has 60 valence electrons. The summed E-state index contributed by atoms with van der Waals surface area (Å²) in [6, 6.07) is 1.63. The molecule has 0 aliphatic carbocycles. The van der Waals surface area contributed by atoms with Crippen molar-refractivity contribution in [2.75, 3.05) is 0 Å². The highest BCUT2D eigenvalue weighted by Crippen LogP contribution is 2.13. The Bertz CT molecular complexity index is 238. The molecule has 0 saturated heterocycles. The van der Waals surface area contributed by atoms with Gasteiger partial charge >= 0.3 is 0 Å². The molecule has 4 heteroatoms.